The Morgan fingerprint density at radius 1 is 1.23 bits per heavy atom. The fraction of sp³-hybridized carbons (Fsp3) is 0.467. The third-order valence-electron chi connectivity index (χ3n) is 3.04. The lowest BCUT2D eigenvalue weighted by molar-refractivity contribution is -0.192. The van der Waals surface area contributed by atoms with Gasteiger partial charge in [0.15, 0.2) is 6.29 Å². The summed E-state index contributed by atoms with van der Waals surface area (Å²) in [7, 11) is 0. The second-order valence-electron chi connectivity index (χ2n) is 4.65. The summed E-state index contributed by atoms with van der Waals surface area (Å²) in [6.07, 6.45) is -0.0393. The molecule has 0 aliphatic heterocycles. The lowest BCUT2D eigenvalue weighted by atomic mass is 10.1. The Kier molecular flexibility index (Phi) is 6.00. The zero-order chi connectivity index (χ0) is 15.9. The number of hydrogen-bond acceptors (Lipinski definition) is 5. The molecule has 22 heavy (non-hydrogen) atoms. The van der Waals surface area contributed by atoms with Crippen molar-refractivity contribution in [2.24, 2.45) is 0 Å². The summed E-state index contributed by atoms with van der Waals surface area (Å²) in [4.78, 5) is 0. The zero-order valence-electron chi connectivity index (χ0n) is 12.6. The van der Waals surface area contributed by atoms with Gasteiger partial charge in [0.05, 0.1) is 12.7 Å². The molecule has 1 atom stereocenters. The highest BCUT2D eigenvalue weighted by Gasteiger charge is 2.21. The van der Waals surface area contributed by atoms with E-state index in [1.165, 1.54) is 10.7 Å². The van der Waals surface area contributed by atoms with Crippen LogP contribution in [0.25, 0.3) is 11.3 Å². The van der Waals surface area contributed by atoms with E-state index in [9.17, 15) is 9.50 Å². The second-order valence-corrected chi connectivity index (χ2v) is 4.65. The van der Waals surface area contributed by atoms with Crippen LogP contribution >= 0.6 is 0 Å². The van der Waals surface area contributed by atoms with Crippen LogP contribution in [-0.2, 0) is 16.0 Å². The van der Waals surface area contributed by atoms with E-state index < -0.39 is 12.4 Å². The molecular formula is C15H20FN3O3. The Labute approximate surface area is 128 Å². The maximum atomic E-state index is 13.7. The molecule has 0 bridgehead atoms. The van der Waals surface area contributed by atoms with Crippen LogP contribution in [0, 0.1) is 5.82 Å². The van der Waals surface area contributed by atoms with Gasteiger partial charge in [-0.3, -0.25) is 0 Å². The minimum Gasteiger partial charge on any atom is -0.386 e. The quantitative estimate of drug-likeness (QED) is 0.754. The molecule has 2 aromatic rings. The van der Waals surface area contributed by atoms with Gasteiger partial charge in [0.2, 0.25) is 0 Å². The first kappa shape index (κ1) is 16.5. The number of nitrogens with zero attached hydrogens (tertiary/aromatic N) is 3. The molecule has 0 saturated heterocycles. The lowest BCUT2D eigenvalue weighted by Gasteiger charge is -2.22. The van der Waals surface area contributed by atoms with Crippen LogP contribution in [-0.4, -0.2) is 45.7 Å². The second kappa shape index (κ2) is 7.98. The molecule has 1 aromatic heterocycles. The first-order valence-electron chi connectivity index (χ1n) is 7.22. The first-order chi connectivity index (χ1) is 10.7. The highest BCUT2D eigenvalue weighted by Crippen LogP contribution is 2.19. The number of ether oxygens (including phenoxy) is 2. The molecule has 7 heteroatoms. The molecule has 0 aliphatic rings. The molecule has 1 aromatic carbocycles. The molecule has 0 amide bonds. The van der Waals surface area contributed by atoms with E-state index in [0.29, 0.717) is 24.5 Å². The van der Waals surface area contributed by atoms with Crippen LogP contribution in [0.2, 0.25) is 0 Å². The number of aliphatic hydroxyl groups excluding tert-OH is 1. The molecule has 0 spiro atoms. The minimum atomic E-state index is -0.893. The maximum absolute atomic E-state index is 13.7. The Bertz CT molecular complexity index is 585. The molecule has 1 unspecified atom stereocenters. The fourth-order valence-electron chi connectivity index (χ4n) is 2.06. The molecule has 0 radical (unpaired) electrons. The van der Waals surface area contributed by atoms with Crippen molar-refractivity contribution in [1.29, 1.82) is 0 Å². The van der Waals surface area contributed by atoms with Gasteiger partial charge >= 0.3 is 0 Å². The zero-order valence-corrected chi connectivity index (χ0v) is 12.6. The van der Waals surface area contributed by atoms with E-state index >= 15 is 0 Å². The summed E-state index contributed by atoms with van der Waals surface area (Å²) in [5, 5.41) is 18.0. The molecule has 2 rings (SSSR count). The summed E-state index contributed by atoms with van der Waals surface area (Å²) >= 11 is 0. The molecule has 6 nitrogen and oxygen atoms in total. The monoisotopic (exact) mass is 309 g/mol. The number of aliphatic hydroxyl groups is 1. The smallest absolute Gasteiger partial charge is 0.185 e. The number of halogens is 1. The van der Waals surface area contributed by atoms with Gasteiger partial charge in [-0.2, -0.15) is 0 Å². The van der Waals surface area contributed by atoms with Crippen LogP contribution in [0.15, 0.2) is 30.5 Å². The predicted molar refractivity (Wildman–Crippen MR) is 78.5 cm³/mol. The molecule has 0 fully saturated rings. The normalized spacial score (nSPS) is 12.8. The Morgan fingerprint density at radius 2 is 1.91 bits per heavy atom. The highest BCUT2D eigenvalue weighted by molar-refractivity contribution is 5.58. The van der Waals surface area contributed by atoms with E-state index in [1.54, 1.807) is 24.4 Å². The van der Waals surface area contributed by atoms with Crippen molar-refractivity contribution in [3.63, 3.8) is 0 Å². The predicted octanol–water partition coefficient (Wildman–Crippen LogP) is 1.84. The van der Waals surface area contributed by atoms with E-state index in [2.05, 4.69) is 10.3 Å². The van der Waals surface area contributed by atoms with Gasteiger partial charge in [0.1, 0.15) is 17.6 Å². The van der Waals surface area contributed by atoms with Crippen molar-refractivity contribution in [1.82, 2.24) is 15.0 Å². The number of rotatable bonds is 8. The summed E-state index contributed by atoms with van der Waals surface area (Å²) < 4.78 is 25.8. The van der Waals surface area contributed by atoms with E-state index in [4.69, 9.17) is 9.47 Å². The van der Waals surface area contributed by atoms with Crippen molar-refractivity contribution < 1.29 is 19.0 Å². The van der Waals surface area contributed by atoms with E-state index in [1.807, 2.05) is 13.8 Å². The fourth-order valence-corrected chi connectivity index (χ4v) is 2.06. The van der Waals surface area contributed by atoms with E-state index in [0.717, 1.165) is 0 Å². The first-order valence-corrected chi connectivity index (χ1v) is 7.22. The van der Waals surface area contributed by atoms with Crippen molar-refractivity contribution in [3.8, 4) is 11.3 Å². The molecule has 1 heterocycles. The third-order valence-corrected chi connectivity index (χ3v) is 3.04. The van der Waals surface area contributed by atoms with Crippen LogP contribution in [0.3, 0.4) is 0 Å². The third kappa shape index (κ3) is 4.09. The average molecular weight is 309 g/mol. The number of hydrogen-bond donors (Lipinski definition) is 1. The SMILES string of the molecule is CCOC(OCC)C(O)Cn1cc(-c2ccccc2F)nn1. The summed E-state index contributed by atoms with van der Waals surface area (Å²) in [6.45, 7) is 4.65. The molecule has 0 saturated carbocycles. The summed E-state index contributed by atoms with van der Waals surface area (Å²) in [5.74, 6) is -0.364. The standard InChI is InChI=1S/C15H20FN3O3/c1-3-21-15(22-4-2)14(20)10-19-9-13(17-18-19)11-7-5-6-8-12(11)16/h5-9,14-15,20H,3-4,10H2,1-2H3. The van der Waals surface area contributed by atoms with Crippen LogP contribution in [0.4, 0.5) is 4.39 Å². The van der Waals surface area contributed by atoms with Crippen LogP contribution in [0.5, 0.6) is 0 Å². The largest absolute Gasteiger partial charge is 0.386 e. The number of aromatic nitrogens is 3. The van der Waals surface area contributed by atoms with Crippen LogP contribution in [0.1, 0.15) is 13.8 Å². The van der Waals surface area contributed by atoms with Gasteiger partial charge in [-0.1, -0.05) is 17.3 Å². The van der Waals surface area contributed by atoms with Gasteiger partial charge in [0.25, 0.3) is 0 Å². The Balaban J connectivity index is 2.07. The average Bonchev–Trinajstić information content (AvgIpc) is 2.95. The molecule has 120 valence electrons. The van der Waals surface area contributed by atoms with Crippen molar-refractivity contribution in [2.75, 3.05) is 13.2 Å². The van der Waals surface area contributed by atoms with Gasteiger partial charge < -0.3 is 14.6 Å². The van der Waals surface area contributed by atoms with Gasteiger partial charge in [0, 0.05) is 18.8 Å². The van der Waals surface area contributed by atoms with E-state index in [-0.39, 0.29) is 12.4 Å². The van der Waals surface area contributed by atoms with Gasteiger partial charge in [-0.25, -0.2) is 9.07 Å². The van der Waals surface area contributed by atoms with Gasteiger partial charge in [-0.15, -0.1) is 5.10 Å². The highest BCUT2D eigenvalue weighted by atomic mass is 19.1. The van der Waals surface area contributed by atoms with Crippen LogP contribution < -0.4 is 0 Å². The lowest BCUT2D eigenvalue weighted by Crippen LogP contribution is -2.35. The topological polar surface area (TPSA) is 69.4 Å². The molecular weight excluding hydrogens is 289 g/mol. The van der Waals surface area contributed by atoms with Crippen molar-refractivity contribution in [3.05, 3.63) is 36.3 Å². The maximum Gasteiger partial charge on any atom is 0.185 e. The van der Waals surface area contributed by atoms with Crippen molar-refractivity contribution >= 4 is 0 Å². The van der Waals surface area contributed by atoms with Gasteiger partial charge in [-0.05, 0) is 26.0 Å². The Hall–Kier alpha value is -1.83. The summed E-state index contributed by atoms with van der Waals surface area (Å²) in [5.41, 5.74) is 0.782. The summed E-state index contributed by atoms with van der Waals surface area (Å²) in [6, 6.07) is 6.33. The number of benzene rings is 1. The van der Waals surface area contributed by atoms with Crippen molar-refractivity contribution in [2.45, 2.75) is 32.8 Å². The molecule has 0 aliphatic carbocycles. The Morgan fingerprint density at radius 3 is 2.55 bits per heavy atom. The molecule has 1 N–H and O–H groups in total. The minimum absolute atomic E-state index is 0.145.